The van der Waals surface area contributed by atoms with Crippen LogP contribution in [0.15, 0.2) is 30.3 Å². The molecular weight excluding hydrogens is 390 g/mol. The molecule has 29 heavy (non-hydrogen) atoms. The number of H-pyrrole nitrogens is 1. The molecule has 0 saturated carbocycles. The highest BCUT2D eigenvalue weighted by molar-refractivity contribution is 7.18. The van der Waals surface area contributed by atoms with Crippen molar-refractivity contribution in [3.8, 4) is 11.3 Å². The smallest absolute Gasteiger partial charge is 0.341 e. The van der Waals surface area contributed by atoms with Crippen molar-refractivity contribution in [1.82, 2.24) is 10.2 Å². The van der Waals surface area contributed by atoms with Gasteiger partial charge < -0.3 is 10.1 Å². The summed E-state index contributed by atoms with van der Waals surface area (Å²) in [5.41, 5.74) is 3.58. The second-order valence-corrected chi connectivity index (χ2v) is 7.54. The van der Waals surface area contributed by atoms with E-state index in [-0.39, 0.29) is 28.6 Å². The molecule has 2 aromatic heterocycles. The lowest BCUT2D eigenvalue weighted by Gasteiger charge is -2.06. The molecule has 2 N–H and O–H groups in total. The Labute approximate surface area is 172 Å². The van der Waals surface area contributed by atoms with E-state index in [9.17, 15) is 14.4 Å². The van der Waals surface area contributed by atoms with Gasteiger partial charge in [-0.15, -0.1) is 11.3 Å². The summed E-state index contributed by atoms with van der Waals surface area (Å²) in [7, 11) is 0. The Bertz CT molecular complexity index is 1080. The first-order valence-corrected chi connectivity index (χ1v) is 9.88. The van der Waals surface area contributed by atoms with Crippen LogP contribution in [0.25, 0.3) is 11.3 Å². The van der Waals surface area contributed by atoms with Crippen molar-refractivity contribution in [2.24, 2.45) is 0 Å². The van der Waals surface area contributed by atoms with Crippen molar-refractivity contribution in [3.63, 3.8) is 0 Å². The second kappa shape index (κ2) is 8.40. The number of carbonyl (C=O) groups is 3. The van der Waals surface area contributed by atoms with Crippen LogP contribution in [0.3, 0.4) is 0 Å². The number of amides is 1. The van der Waals surface area contributed by atoms with Crippen LogP contribution in [-0.4, -0.2) is 34.5 Å². The summed E-state index contributed by atoms with van der Waals surface area (Å²) in [5, 5.41) is 9.90. The quantitative estimate of drug-likeness (QED) is 0.463. The lowest BCUT2D eigenvalue weighted by molar-refractivity contribution is 0.0527. The average Bonchev–Trinajstić information content (AvgIpc) is 3.28. The number of aromatic nitrogens is 2. The molecule has 0 atom stereocenters. The fraction of sp³-hybridized carbons (Fsp3) is 0.238. The largest absolute Gasteiger partial charge is 0.462 e. The van der Waals surface area contributed by atoms with Crippen molar-refractivity contribution < 1.29 is 19.1 Å². The fourth-order valence-electron chi connectivity index (χ4n) is 2.87. The van der Waals surface area contributed by atoms with Crippen LogP contribution < -0.4 is 5.32 Å². The zero-order valence-electron chi connectivity index (χ0n) is 16.6. The molecular formula is C21H21N3O4S. The van der Waals surface area contributed by atoms with Crippen molar-refractivity contribution in [3.05, 3.63) is 57.6 Å². The number of Topliss-reactive ketones (excluding diaryl/α,β-unsaturated/α-hetero) is 1. The Morgan fingerprint density at radius 3 is 2.48 bits per heavy atom. The van der Waals surface area contributed by atoms with Gasteiger partial charge in [0.15, 0.2) is 5.78 Å². The number of rotatable bonds is 6. The van der Waals surface area contributed by atoms with E-state index in [1.807, 2.05) is 31.2 Å². The van der Waals surface area contributed by atoms with Crippen LogP contribution in [0, 0.1) is 13.8 Å². The summed E-state index contributed by atoms with van der Waals surface area (Å²) < 4.78 is 5.09. The molecule has 0 aliphatic rings. The van der Waals surface area contributed by atoms with Gasteiger partial charge in [0, 0.05) is 5.56 Å². The minimum absolute atomic E-state index is 0.179. The molecule has 0 aliphatic heterocycles. The molecule has 0 fully saturated rings. The number of hydrogen-bond acceptors (Lipinski definition) is 6. The minimum atomic E-state index is -0.575. The number of ketones is 1. The number of anilines is 1. The zero-order chi connectivity index (χ0) is 21.1. The van der Waals surface area contributed by atoms with Gasteiger partial charge in [0.1, 0.15) is 10.7 Å². The van der Waals surface area contributed by atoms with Crippen molar-refractivity contribution in [2.75, 3.05) is 11.9 Å². The molecule has 0 aliphatic carbocycles. The van der Waals surface area contributed by atoms with Gasteiger partial charge in [-0.2, -0.15) is 5.10 Å². The molecule has 0 saturated heterocycles. The maximum Gasteiger partial charge on any atom is 0.341 e. The van der Waals surface area contributed by atoms with Gasteiger partial charge in [0.25, 0.3) is 5.91 Å². The third kappa shape index (κ3) is 4.27. The lowest BCUT2D eigenvalue weighted by Crippen LogP contribution is -2.15. The first-order chi connectivity index (χ1) is 13.8. The van der Waals surface area contributed by atoms with Gasteiger partial charge in [-0.3, -0.25) is 14.7 Å². The molecule has 3 aromatic rings. The Morgan fingerprint density at radius 1 is 1.17 bits per heavy atom. The maximum atomic E-state index is 12.7. The molecule has 0 radical (unpaired) electrons. The van der Waals surface area contributed by atoms with E-state index in [0.717, 1.165) is 22.5 Å². The normalized spacial score (nSPS) is 10.6. The lowest BCUT2D eigenvalue weighted by atomic mass is 10.1. The molecule has 8 heteroatoms. The number of carbonyl (C=O) groups excluding carboxylic acids is 3. The Hall–Kier alpha value is -3.26. The van der Waals surface area contributed by atoms with Gasteiger partial charge in [-0.05, 0) is 39.3 Å². The maximum absolute atomic E-state index is 12.7. The summed E-state index contributed by atoms with van der Waals surface area (Å²) in [5.74, 6) is -1.21. The molecule has 0 spiro atoms. The van der Waals surface area contributed by atoms with E-state index < -0.39 is 11.9 Å². The van der Waals surface area contributed by atoms with E-state index in [1.165, 1.54) is 6.92 Å². The molecule has 1 amide bonds. The number of aryl methyl sites for hydroxylation is 1. The number of benzene rings is 1. The van der Waals surface area contributed by atoms with E-state index in [0.29, 0.717) is 16.1 Å². The fourth-order valence-corrected chi connectivity index (χ4v) is 3.95. The molecule has 0 unspecified atom stereocenters. The molecule has 1 aromatic carbocycles. The predicted molar refractivity (Wildman–Crippen MR) is 112 cm³/mol. The highest BCUT2D eigenvalue weighted by Gasteiger charge is 2.26. The van der Waals surface area contributed by atoms with Crippen LogP contribution in [-0.2, 0) is 4.74 Å². The first kappa shape index (κ1) is 20.5. The Balaban J connectivity index is 1.89. The average molecular weight is 411 g/mol. The van der Waals surface area contributed by atoms with Gasteiger partial charge in [-0.25, -0.2) is 4.79 Å². The van der Waals surface area contributed by atoms with Crippen molar-refractivity contribution in [2.45, 2.75) is 27.7 Å². The van der Waals surface area contributed by atoms with Crippen LogP contribution in [0.1, 0.15) is 55.5 Å². The summed E-state index contributed by atoms with van der Waals surface area (Å²) in [6, 6.07) is 9.41. The standard InChI is InChI=1S/C21H21N3O4S/c1-5-28-21(27)17-12(3)18(13(4)25)29-20(17)22-19(26)16-10-15(23-24-16)14-8-6-11(2)7-9-14/h6-10H,5H2,1-4H3,(H,22,26)(H,23,24). The van der Waals surface area contributed by atoms with Gasteiger partial charge in [0.05, 0.1) is 22.7 Å². The monoisotopic (exact) mass is 411 g/mol. The Kier molecular flexibility index (Phi) is 5.93. The number of hydrogen-bond donors (Lipinski definition) is 2. The van der Waals surface area contributed by atoms with Crippen molar-refractivity contribution in [1.29, 1.82) is 0 Å². The molecule has 0 bridgehead atoms. The highest BCUT2D eigenvalue weighted by Crippen LogP contribution is 2.34. The summed E-state index contributed by atoms with van der Waals surface area (Å²) >= 11 is 1.06. The first-order valence-electron chi connectivity index (χ1n) is 9.07. The Morgan fingerprint density at radius 2 is 1.86 bits per heavy atom. The van der Waals surface area contributed by atoms with Crippen LogP contribution >= 0.6 is 11.3 Å². The SMILES string of the molecule is CCOC(=O)c1c(NC(=O)c2cc(-c3ccc(C)cc3)n[nH]2)sc(C(C)=O)c1C. The molecule has 7 nitrogen and oxygen atoms in total. The number of ether oxygens (including phenoxy) is 1. The number of esters is 1. The summed E-state index contributed by atoms with van der Waals surface area (Å²) in [6.45, 7) is 6.97. The van der Waals surface area contributed by atoms with Crippen LogP contribution in [0.2, 0.25) is 0 Å². The third-order valence-corrected chi connectivity index (χ3v) is 5.65. The van der Waals surface area contributed by atoms with E-state index in [2.05, 4.69) is 15.5 Å². The van der Waals surface area contributed by atoms with Gasteiger partial charge in [-0.1, -0.05) is 29.8 Å². The van der Waals surface area contributed by atoms with Gasteiger partial charge >= 0.3 is 5.97 Å². The summed E-state index contributed by atoms with van der Waals surface area (Å²) in [4.78, 5) is 37.4. The van der Waals surface area contributed by atoms with E-state index in [4.69, 9.17) is 4.74 Å². The van der Waals surface area contributed by atoms with Gasteiger partial charge in [0.2, 0.25) is 0 Å². The second-order valence-electron chi connectivity index (χ2n) is 6.52. The molecule has 150 valence electrons. The number of nitrogens with zero attached hydrogens (tertiary/aromatic N) is 1. The minimum Gasteiger partial charge on any atom is -0.462 e. The van der Waals surface area contributed by atoms with Crippen LogP contribution in [0.5, 0.6) is 0 Å². The number of aromatic amines is 1. The summed E-state index contributed by atoms with van der Waals surface area (Å²) in [6.07, 6.45) is 0. The van der Waals surface area contributed by atoms with Crippen molar-refractivity contribution >= 4 is 34.0 Å². The highest BCUT2D eigenvalue weighted by atomic mass is 32.1. The molecule has 3 rings (SSSR count). The van der Waals surface area contributed by atoms with E-state index in [1.54, 1.807) is 19.9 Å². The topological polar surface area (TPSA) is 101 Å². The molecule has 2 heterocycles. The van der Waals surface area contributed by atoms with Crippen LogP contribution in [0.4, 0.5) is 5.00 Å². The predicted octanol–water partition coefficient (Wildman–Crippen LogP) is 4.39. The van der Waals surface area contributed by atoms with E-state index >= 15 is 0 Å². The number of thiophene rings is 1. The number of nitrogens with one attached hydrogen (secondary N) is 2. The third-order valence-electron chi connectivity index (χ3n) is 4.34. The zero-order valence-corrected chi connectivity index (χ0v) is 17.4.